The third-order valence-corrected chi connectivity index (χ3v) is 3.99. The second kappa shape index (κ2) is 4.33. The third-order valence-electron chi connectivity index (χ3n) is 2.60. The molecular formula is C11H17NO2S. The van der Waals surface area contributed by atoms with Crippen LogP contribution in [-0.2, 0) is 14.9 Å². The molecule has 1 rings (SSSR count). The first-order chi connectivity index (χ1) is 6.89. The minimum absolute atomic E-state index is 0.369. The standard InChI is InChI=1S/C11H17NO2S/c1-7-5-8(15-6-7)11(2,3)9(12)10(13)14-4/h5-6,9H,12H2,1-4H3. The van der Waals surface area contributed by atoms with Crippen molar-refractivity contribution < 1.29 is 9.53 Å². The van der Waals surface area contributed by atoms with E-state index in [2.05, 4.69) is 16.2 Å². The summed E-state index contributed by atoms with van der Waals surface area (Å²) in [4.78, 5) is 12.5. The van der Waals surface area contributed by atoms with Crippen molar-refractivity contribution in [2.45, 2.75) is 32.2 Å². The van der Waals surface area contributed by atoms with Crippen LogP contribution in [-0.4, -0.2) is 19.1 Å². The summed E-state index contributed by atoms with van der Waals surface area (Å²) in [6, 6.07) is 1.44. The number of rotatable bonds is 3. The second-order valence-electron chi connectivity index (χ2n) is 4.21. The zero-order chi connectivity index (χ0) is 11.6. The van der Waals surface area contributed by atoms with E-state index in [4.69, 9.17) is 5.73 Å². The summed E-state index contributed by atoms with van der Waals surface area (Å²) >= 11 is 1.62. The van der Waals surface area contributed by atoms with Crippen LogP contribution in [0.3, 0.4) is 0 Å². The molecule has 1 atom stereocenters. The number of thiophene rings is 1. The number of nitrogens with two attached hydrogens (primary N) is 1. The number of aryl methyl sites for hydroxylation is 1. The van der Waals surface area contributed by atoms with Gasteiger partial charge in [-0.2, -0.15) is 0 Å². The van der Waals surface area contributed by atoms with Gasteiger partial charge in [0.1, 0.15) is 6.04 Å². The molecule has 0 fully saturated rings. The summed E-state index contributed by atoms with van der Waals surface area (Å²) in [5, 5.41) is 2.06. The molecule has 0 spiro atoms. The van der Waals surface area contributed by atoms with Gasteiger partial charge in [0.25, 0.3) is 0 Å². The molecule has 0 saturated carbocycles. The lowest BCUT2D eigenvalue weighted by Gasteiger charge is -2.28. The Morgan fingerprint density at radius 1 is 1.60 bits per heavy atom. The van der Waals surface area contributed by atoms with Crippen LogP contribution in [0.5, 0.6) is 0 Å². The molecule has 1 heterocycles. The Bertz CT molecular complexity index is 357. The molecule has 3 nitrogen and oxygen atoms in total. The lowest BCUT2D eigenvalue weighted by atomic mass is 9.83. The fraction of sp³-hybridized carbons (Fsp3) is 0.545. The number of hydrogen-bond donors (Lipinski definition) is 1. The van der Waals surface area contributed by atoms with Gasteiger partial charge >= 0.3 is 5.97 Å². The first-order valence-corrected chi connectivity index (χ1v) is 5.66. The maximum atomic E-state index is 11.4. The summed E-state index contributed by atoms with van der Waals surface area (Å²) in [5.74, 6) is -0.369. The Morgan fingerprint density at radius 3 is 2.60 bits per heavy atom. The van der Waals surface area contributed by atoms with E-state index in [9.17, 15) is 4.79 Å². The van der Waals surface area contributed by atoms with E-state index in [1.165, 1.54) is 12.7 Å². The topological polar surface area (TPSA) is 52.3 Å². The summed E-state index contributed by atoms with van der Waals surface area (Å²) in [5.41, 5.74) is 6.69. The lowest BCUT2D eigenvalue weighted by molar-refractivity contribution is -0.143. The average Bonchev–Trinajstić information content (AvgIpc) is 2.63. The molecule has 1 aromatic rings. The average molecular weight is 227 g/mol. The molecular weight excluding hydrogens is 210 g/mol. The minimum atomic E-state index is -0.624. The van der Waals surface area contributed by atoms with Crippen molar-refractivity contribution in [1.29, 1.82) is 0 Å². The molecule has 2 N–H and O–H groups in total. The Kier molecular flexibility index (Phi) is 3.52. The molecule has 1 unspecified atom stereocenters. The van der Waals surface area contributed by atoms with Crippen molar-refractivity contribution in [3.05, 3.63) is 21.9 Å². The van der Waals surface area contributed by atoms with E-state index in [1.54, 1.807) is 11.3 Å². The van der Waals surface area contributed by atoms with E-state index in [-0.39, 0.29) is 11.4 Å². The molecule has 4 heteroatoms. The Hall–Kier alpha value is -0.870. The van der Waals surface area contributed by atoms with Crippen molar-refractivity contribution in [2.75, 3.05) is 7.11 Å². The third kappa shape index (κ3) is 2.38. The number of carbonyl (C=O) groups excluding carboxylic acids is 1. The van der Waals surface area contributed by atoms with Gasteiger partial charge in [-0.05, 0) is 23.9 Å². The fourth-order valence-corrected chi connectivity index (χ4v) is 2.41. The van der Waals surface area contributed by atoms with Crippen LogP contribution in [0.15, 0.2) is 11.4 Å². The van der Waals surface area contributed by atoms with Gasteiger partial charge in [0.15, 0.2) is 0 Å². The van der Waals surface area contributed by atoms with Crippen LogP contribution < -0.4 is 5.73 Å². The Labute approximate surface area is 94.2 Å². The molecule has 0 aliphatic carbocycles. The summed E-state index contributed by atoms with van der Waals surface area (Å²) in [7, 11) is 1.36. The van der Waals surface area contributed by atoms with Crippen molar-refractivity contribution in [2.24, 2.45) is 5.73 Å². The lowest BCUT2D eigenvalue weighted by Crippen LogP contribution is -2.47. The minimum Gasteiger partial charge on any atom is -0.468 e. The number of methoxy groups -OCH3 is 1. The molecule has 0 amide bonds. The number of ether oxygens (including phenoxy) is 1. The van der Waals surface area contributed by atoms with Crippen LogP contribution in [0.25, 0.3) is 0 Å². The SMILES string of the molecule is COC(=O)C(N)C(C)(C)c1cc(C)cs1. The van der Waals surface area contributed by atoms with Gasteiger partial charge in [0.05, 0.1) is 7.11 Å². The van der Waals surface area contributed by atoms with Crippen LogP contribution in [0.4, 0.5) is 0 Å². The molecule has 0 radical (unpaired) electrons. The molecule has 0 aliphatic rings. The molecule has 84 valence electrons. The van der Waals surface area contributed by atoms with E-state index < -0.39 is 6.04 Å². The number of carbonyl (C=O) groups is 1. The zero-order valence-corrected chi connectivity index (χ0v) is 10.4. The van der Waals surface area contributed by atoms with Gasteiger partial charge in [-0.15, -0.1) is 11.3 Å². The van der Waals surface area contributed by atoms with Gasteiger partial charge in [-0.25, -0.2) is 0 Å². The fourth-order valence-electron chi connectivity index (χ4n) is 1.34. The number of esters is 1. The maximum Gasteiger partial charge on any atom is 0.323 e. The Balaban J connectivity index is 2.96. The van der Waals surface area contributed by atoms with Crippen molar-refractivity contribution in [3.8, 4) is 0 Å². The largest absolute Gasteiger partial charge is 0.468 e. The highest BCUT2D eigenvalue weighted by Gasteiger charge is 2.35. The zero-order valence-electron chi connectivity index (χ0n) is 9.53. The molecule has 1 aromatic heterocycles. The quantitative estimate of drug-likeness (QED) is 0.802. The number of hydrogen-bond acceptors (Lipinski definition) is 4. The van der Waals surface area contributed by atoms with Crippen LogP contribution >= 0.6 is 11.3 Å². The van der Waals surface area contributed by atoms with Gasteiger partial charge in [0, 0.05) is 10.3 Å². The van der Waals surface area contributed by atoms with Crippen molar-refractivity contribution in [3.63, 3.8) is 0 Å². The molecule has 15 heavy (non-hydrogen) atoms. The molecule has 0 aliphatic heterocycles. The highest BCUT2D eigenvalue weighted by molar-refractivity contribution is 7.10. The summed E-state index contributed by atoms with van der Waals surface area (Å²) < 4.78 is 4.67. The van der Waals surface area contributed by atoms with Crippen LogP contribution in [0, 0.1) is 6.92 Å². The van der Waals surface area contributed by atoms with Crippen molar-refractivity contribution >= 4 is 17.3 Å². The van der Waals surface area contributed by atoms with E-state index in [0.29, 0.717) is 0 Å². The van der Waals surface area contributed by atoms with Crippen molar-refractivity contribution in [1.82, 2.24) is 0 Å². The normalized spacial score (nSPS) is 13.7. The maximum absolute atomic E-state index is 11.4. The first-order valence-electron chi connectivity index (χ1n) is 4.78. The monoisotopic (exact) mass is 227 g/mol. The van der Waals surface area contributed by atoms with E-state index >= 15 is 0 Å². The van der Waals surface area contributed by atoms with Gasteiger partial charge in [-0.1, -0.05) is 13.8 Å². The summed E-state index contributed by atoms with van der Waals surface area (Å²) in [6.45, 7) is 5.94. The predicted octanol–water partition coefficient (Wildman–Crippen LogP) is 1.83. The van der Waals surface area contributed by atoms with E-state index in [1.807, 2.05) is 20.8 Å². The smallest absolute Gasteiger partial charge is 0.323 e. The molecule has 0 bridgehead atoms. The molecule has 0 aromatic carbocycles. The second-order valence-corrected chi connectivity index (χ2v) is 5.12. The van der Waals surface area contributed by atoms with Gasteiger partial charge < -0.3 is 10.5 Å². The summed E-state index contributed by atoms with van der Waals surface area (Å²) in [6.07, 6.45) is 0. The highest BCUT2D eigenvalue weighted by atomic mass is 32.1. The van der Waals surface area contributed by atoms with Gasteiger partial charge in [0.2, 0.25) is 0 Å². The van der Waals surface area contributed by atoms with E-state index in [0.717, 1.165) is 4.88 Å². The van der Waals surface area contributed by atoms with Crippen LogP contribution in [0.2, 0.25) is 0 Å². The Morgan fingerprint density at radius 2 is 2.20 bits per heavy atom. The molecule has 0 saturated heterocycles. The highest BCUT2D eigenvalue weighted by Crippen LogP contribution is 2.31. The van der Waals surface area contributed by atoms with Crippen LogP contribution in [0.1, 0.15) is 24.3 Å². The van der Waals surface area contributed by atoms with Gasteiger partial charge in [-0.3, -0.25) is 4.79 Å². The first kappa shape index (κ1) is 12.2. The predicted molar refractivity (Wildman–Crippen MR) is 62.1 cm³/mol.